The molecule has 0 unspecified atom stereocenters. The van der Waals surface area contributed by atoms with Crippen LogP contribution in [0, 0.1) is 0 Å². The molecule has 0 spiro atoms. The van der Waals surface area contributed by atoms with Crippen molar-refractivity contribution in [3.63, 3.8) is 0 Å². The molecule has 2 amide bonds. The summed E-state index contributed by atoms with van der Waals surface area (Å²) in [6.07, 6.45) is 0. The van der Waals surface area contributed by atoms with E-state index in [2.05, 4.69) is 10.6 Å². The van der Waals surface area contributed by atoms with Crippen molar-refractivity contribution >= 4 is 23.5 Å². The summed E-state index contributed by atoms with van der Waals surface area (Å²) in [5.74, 6) is 0.278. The number of amides is 2. The van der Waals surface area contributed by atoms with E-state index in [1.807, 2.05) is 25.1 Å². The normalized spacial score (nSPS) is 10.2. The first-order valence-electron chi connectivity index (χ1n) is 10.7. The zero-order valence-corrected chi connectivity index (χ0v) is 19.0. The highest BCUT2D eigenvalue weighted by atomic mass is 16.5. The van der Waals surface area contributed by atoms with Crippen LogP contribution >= 0.6 is 0 Å². The van der Waals surface area contributed by atoms with E-state index < -0.39 is 5.97 Å². The Kier molecular flexibility index (Phi) is 8.62. The van der Waals surface area contributed by atoms with Crippen molar-refractivity contribution in [1.29, 1.82) is 0 Å². The van der Waals surface area contributed by atoms with E-state index in [0.29, 0.717) is 35.1 Å². The van der Waals surface area contributed by atoms with Crippen molar-refractivity contribution in [2.45, 2.75) is 20.4 Å². The van der Waals surface area contributed by atoms with Gasteiger partial charge in [-0.15, -0.1) is 0 Å². The Bertz CT molecular complexity index is 1160. The van der Waals surface area contributed by atoms with Gasteiger partial charge in [0.05, 0.1) is 6.61 Å². The SMILES string of the molecule is CCOc1ccccc1OCC(=O)NCc1cccc(NC(=O)c2cccc(OC(C)=O)c2)c1. The molecule has 176 valence electrons. The van der Waals surface area contributed by atoms with Crippen molar-refractivity contribution < 1.29 is 28.6 Å². The largest absolute Gasteiger partial charge is 0.490 e. The molecule has 0 saturated heterocycles. The molecular formula is C26H26N2O6. The fourth-order valence-electron chi connectivity index (χ4n) is 3.07. The van der Waals surface area contributed by atoms with Crippen molar-refractivity contribution in [2.75, 3.05) is 18.5 Å². The maximum atomic E-state index is 12.6. The van der Waals surface area contributed by atoms with Crippen LogP contribution in [0.15, 0.2) is 72.8 Å². The number of hydrogen-bond acceptors (Lipinski definition) is 6. The van der Waals surface area contributed by atoms with Crippen LogP contribution < -0.4 is 24.8 Å². The second-order valence-corrected chi connectivity index (χ2v) is 7.22. The third-order valence-electron chi connectivity index (χ3n) is 4.54. The number of carbonyl (C=O) groups is 3. The van der Waals surface area contributed by atoms with Gasteiger partial charge in [0.25, 0.3) is 11.8 Å². The molecule has 0 bridgehead atoms. The fraction of sp³-hybridized carbons (Fsp3) is 0.192. The van der Waals surface area contributed by atoms with Crippen LogP contribution in [0.3, 0.4) is 0 Å². The van der Waals surface area contributed by atoms with Crippen LogP contribution in [-0.2, 0) is 16.1 Å². The van der Waals surface area contributed by atoms with Crippen LogP contribution in [0.4, 0.5) is 5.69 Å². The van der Waals surface area contributed by atoms with Crippen LogP contribution in [0.25, 0.3) is 0 Å². The summed E-state index contributed by atoms with van der Waals surface area (Å²) in [4.78, 5) is 35.9. The molecule has 0 atom stereocenters. The van der Waals surface area contributed by atoms with Crippen LogP contribution in [-0.4, -0.2) is 31.0 Å². The smallest absolute Gasteiger partial charge is 0.308 e. The Labute approximate surface area is 197 Å². The van der Waals surface area contributed by atoms with E-state index in [1.165, 1.54) is 13.0 Å². The maximum Gasteiger partial charge on any atom is 0.308 e. The number of nitrogens with one attached hydrogen (secondary N) is 2. The second kappa shape index (κ2) is 12.1. The standard InChI is InChI=1S/C26H26N2O6/c1-3-32-23-12-4-5-13-24(23)33-17-25(30)27-16-19-8-6-10-21(14-19)28-26(31)20-9-7-11-22(15-20)34-18(2)29/h4-15H,3,16-17H2,1-2H3,(H,27,30)(H,28,31). The van der Waals surface area contributed by atoms with Gasteiger partial charge >= 0.3 is 5.97 Å². The lowest BCUT2D eigenvalue weighted by atomic mass is 10.1. The summed E-state index contributed by atoms with van der Waals surface area (Å²) in [5.41, 5.74) is 1.72. The quantitative estimate of drug-likeness (QED) is 0.349. The van der Waals surface area contributed by atoms with E-state index in [0.717, 1.165) is 5.56 Å². The first-order valence-corrected chi connectivity index (χ1v) is 10.7. The minimum atomic E-state index is -0.462. The van der Waals surface area contributed by atoms with Gasteiger partial charge in [-0.05, 0) is 55.0 Å². The molecular weight excluding hydrogens is 436 g/mol. The highest BCUT2D eigenvalue weighted by Crippen LogP contribution is 2.26. The molecule has 3 aromatic carbocycles. The zero-order valence-electron chi connectivity index (χ0n) is 19.0. The second-order valence-electron chi connectivity index (χ2n) is 7.22. The number of hydrogen-bond donors (Lipinski definition) is 2. The predicted molar refractivity (Wildman–Crippen MR) is 127 cm³/mol. The van der Waals surface area contributed by atoms with Crippen molar-refractivity contribution in [1.82, 2.24) is 5.32 Å². The Morgan fingerprint density at radius 1 is 0.853 bits per heavy atom. The minimum Gasteiger partial charge on any atom is -0.490 e. The highest BCUT2D eigenvalue weighted by molar-refractivity contribution is 6.04. The number of ether oxygens (including phenoxy) is 3. The molecule has 3 rings (SSSR count). The first kappa shape index (κ1) is 24.3. The maximum absolute atomic E-state index is 12.6. The van der Waals surface area contributed by atoms with Gasteiger partial charge in [0.15, 0.2) is 18.1 Å². The summed E-state index contributed by atoms with van der Waals surface area (Å²) < 4.78 is 16.1. The van der Waals surface area contributed by atoms with E-state index >= 15 is 0 Å². The molecule has 0 fully saturated rings. The van der Waals surface area contributed by atoms with Crippen LogP contribution in [0.1, 0.15) is 29.8 Å². The molecule has 0 aliphatic carbocycles. The molecule has 34 heavy (non-hydrogen) atoms. The number of anilines is 1. The van der Waals surface area contributed by atoms with E-state index in [-0.39, 0.29) is 25.0 Å². The molecule has 0 heterocycles. The Balaban J connectivity index is 1.53. The minimum absolute atomic E-state index is 0.154. The van der Waals surface area contributed by atoms with Crippen molar-refractivity contribution in [2.24, 2.45) is 0 Å². The Hall–Kier alpha value is -4.33. The van der Waals surface area contributed by atoms with E-state index in [9.17, 15) is 14.4 Å². The molecule has 8 heteroatoms. The molecule has 8 nitrogen and oxygen atoms in total. The van der Waals surface area contributed by atoms with Gasteiger partial charge in [0.2, 0.25) is 0 Å². The summed E-state index contributed by atoms with van der Waals surface area (Å²) in [5, 5.41) is 5.59. The van der Waals surface area contributed by atoms with E-state index in [1.54, 1.807) is 48.5 Å². The van der Waals surface area contributed by atoms with Gasteiger partial charge in [-0.25, -0.2) is 0 Å². The van der Waals surface area contributed by atoms with Gasteiger partial charge < -0.3 is 24.8 Å². The highest BCUT2D eigenvalue weighted by Gasteiger charge is 2.10. The molecule has 0 aromatic heterocycles. The lowest BCUT2D eigenvalue weighted by Gasteiger charge is -2.12. The lowest BCUT2D eigenvalue weighted by Crippen LogP contribution is -2.28. The van der Waals surface area contributed by atoms with Gasteiger partial charge in [-0.1, -0.05) is 30.3 Å². The average molecular weight is 463 g/mol. The monoisotopic (exact) mass is 462 g/mol. The first-order chi connectivity index (χ1) is 16.4. The van der Waals surface area contributed by atoms with E-state index in [4.69, 9.17) is 14.2 Å². The third-order valence-corrected chi connectivity index (χ3v) is 4.54. The third kappa shape index (κ3) is 7.37. The number of benzene rings is 3. The Morgan fingerprint density at radius 3 is 2.32 bits per heavy atom. The van der Waals surface area contributed by atoms with Crippen molar-refractivity contribution in [3.05, 3.63) is 83.9 Å². The number of esters is 1. The molecule has 0 aliphatic rings. The van der Waals surface area contributed by atoms with Crippen LogP contribution in [0.5, 0.6) is 17.2 Å². The molecule has 2 N–H and O–H groups in total. The topological polar surface area (TPSA) is 103 Å². The summed E-state index contributed by atoms with van der Waals surface area (Å²) in [6, 6.07) is 20.6. The Morgan fingerprint density at radius 2 is 1.59 bits per heavy atom. The zero-order chi connectivity index (χ0) is 24.3. The molecule has 0 aliphatic heterocycles. The van der Waals surface area contributed by atoms with Gasteiger partial charge in [0, 0.05) is 24.7 Å². The summed E-state index contributed by atoms with van der Waals surface area (Å²) >= 11 is 0. The predicted octanol–water partition coefficient (Wildman–Crippen LogP) is 3.96. The van der Waals surface area contributed by atoms with Gasteiger partial charge in [-0.2, -0.15) is 0 Å². The molecule has 0 saturated carbocycles. The van der Waals surface area contributed by atoms with Crippen LogP contribution in [0.2, 0.25) is 0 Å². The average Bonchev–Trinajstić information content (AvgIpc) is 2.82. The lowest BCUT2D eigenvalue weighted by molar-refractivity contribution is -0.131. The fourth-order valence-corrected chi connectivity index (χ4v) is 3.07. The number of para-hydroxylation sites is 2. The van der Waals surface area contributed by atoms with Gasteiger partial charge in [0.1, 0.15) is 5.75 Å². The summed E-state index contributed by atoms with van der Waals surface area (Å²) in [7, 11) is 0. The molecule has 0 radical (unpaired) electrons. The number of rotatable bonds is 10. The molecule has 3 aromatic rings. The van der Waals surface area contributed by atoms with Gasteiger partial charge in [-0.3, -0.25) is 14.4 Å². The summed E-state index contributed by atoms with van der Waals surface area (Å²) in [6.45, 7) is 3.78. The number of carbonyl (C=O) groups excluding carboxylic acids is 3. The van der Waals surface area contributed by atoms with Crippen molar-refractivity contribution in [3.8, 4) is 17.2 Å².